The first-order chi connectivity index (χ1) is 16.2. The number of aromatic nitrogens is 3. The molecule has 8 heteroatoms. The van der Waals surface area contributed by atoms with Crippen LogP contribution in [0.4, 0.5) is 5.69 Å². The second-order valence-electron chi connectivity index (χ2n) is 7.12. The number of para-hydroxylation sites is 3. The predicted octanol–water partition coefficient (Wildman–Crippen LogP) is 4.74. The average Bonchev–Trinajstić information content (AvgIpc) is 3.25. The van der Waals surface area contributed by atoms with E-state index in [0.29, 0.717) is 34.7 Å². The van der Waals surface area contributed by atoms with Crippen molar-refractivity contribution in [1.29, 1.82) is 0 Å². The van der Waals surface area contributed by atoms with Crippen LogP contribution < -0.4 is 14.8 Å². The zero-order valence-corrected chi connectivity index (χ0v) is 19.2. The molecule has 7 nitrogen and oxygen atoms in total. The van der Waals surface area contributed by atoms with Crippen LogP contribution in [0.3, 0.4) is 0 Å². The molecule has 0 fully saturated rings. The third-order valence-corrected chi connectivity index (χ3v) is 5.93. The molecule has 0 aliphatic rings. The van der Waals surface area contributed by atoms with Crippen LogP contribution in [0.5, 0.6) is 11.5 Å². The summed E-state index contributed by atoms with van der Waals surface area (Å²) < 4.78 is 12.9. The topological polar surface area (TPSA) is 78.3 Å². The van der Waals surface area contributed by atoms with Gasteiger partial charge in [-0.05, 0) is 29.8 Å². The Morgan fingerprint density at radius 1 is 0.879 bits per heavy atom. The molecular weight excluding hydrogens is 436 g/mol. The van der Waals surface area contributed by atoms with Crippen LogP contribution in [0.25, 0.3) is 11.4 Å². The van der Waals surface area contributed by atoms with Gasteiger partial charge in [0.1, 0.15) is 11.5 Å². The molecule has 0 saturated carbocycles. The van der Waals surface area contributed by atoms with Gasteiger partial charge in [0.2, 0.25) is 5.91 Å². The molecule has 0 saturated heterocycles. The van der Waals surface area contributed by atoms with E-state index in [-0.39, 0.29) is 11.7 Å². The van der Waals surface area contributed by atoms with Gasteiger partial charge in [-0.2, -0.15) is 0 Å². The number of carbonyl (C=O) groups is 1. The lowest BCUT2D eigenvalue weighted by atomic mass is 10.1. The van der Waals surface area contributed by atoms with Crippen LogP contribution in [0.2, 0.25) is 0 Å². The molecule has 33 heavy (non-hydrogen) atoms. The summed E-state index contributed by atoms with van der Waals surface area (Å²) in [5.74, 6) is 2.03. The van der Waals surface area contributed by atoms with E-state index in [1.807, 2.05) is 59.2 Å². The van der Waals surface area contributed by atoms with Crippen LogP contribution in [0, 0.1) is 0 Å². The number of thioether (sulfide) groups is 1. The number of nitrogens with zero attached hydrogens (tertiary/aromatic N) is 3. The van der Waals surface area contributed by atoms with E-state index in [1.165, 1.54) is 11.8 Å². The number of nitrogens with one attached hydrogen (secondary N) is 1. The summed E-state index contributed by atoms with van der Waals surface area (Å²) in [6.45, 7) is 0.567. The monoisotopic (exact) mass is 460 g/mol. The highest BCUT2D eigenvalue weighted by Gasteiger charge is 2.19. The van der Waals surface area contributed by atoms with E-state index in [9.17, 15) is 4.79 Å². The molecule has 0 radical (unpaired) electrons. The molecule has 1 amide bonds. The summed E-state index contributed by atoms with van der Waals surface area (Å²) in [6, 6.07) is 25.1. The van der Waals surface area contributed by atoms with Crippen molar-refractivity contribution in [1.82, 2.24) is 14.8 Å². The minimum atomic E-state index is -0.155. The first-order valence-electron chi connectivity index (χ1n) is 10.4. The molecule has 1 N–H and O–H groups in total. The van der Waals surface area contributed by atoms with Crippen LogP contribution in [-0.4, -0.2) is 40.6 Å². The largest absolute Gasteiger partial charge is 0.496 e. The lowest BCUT2D eigenvalue weighted by Gasteiger charge is -2.13. The maximum Gasteiger partial charge on any atom is 0.234 e. The van der Waals surface area contributed by atoms with Crippen LogP contribution in [0.1, 0.15) is 5.56 Å². The van der Waals surface area contributed by atoms with Crippen LogP contribution >= 0.6 is 11.8 Å². The van der Waals surface area contributed by atoms with E-state index in [0.717, 1.165) is 11.1 Å². The minimum absolute atomic E-state index is 0.155. The molecule has 4 aromatic rings. The third-order valence-electron chi connectivity index (χ3n) is 4.96. The number of ether oxygens (including phenoxy) is 2. The Morgan fingerprint density at radius 3 is 2.30 bits per heavy atom. The minimum Gasteiger partial charge on any atom is -0.496 e. The number of benzene rings is 3. The summed E-state index contributed by atoms with van der Waals surface area (Å²) in [7, 11) is 3.21. The number of hydrogen-bond acceptors (Lipinski definition) is 6. The Kier molecular flexibility index (Phi) is 7.26. The Hall–Kier alpha value is -3.78. The van der Waals surface area contributed by atoms with Gasteiger partial charge in [0.25, 0.3) is 0 Å². The van der Waals surface area contributed by atoms with Crippen molar-refractivity contribution in [2.24, 2.45) is 0 Å². The van der Waals surface area contributed by atoms with E-state index < -0.39 is 0 Å². The summed E-state index contributed by atoms with van der Waals surface area (Å²) >= 11 is 1.33. The fourth-order valence-electron chi connectivity index (χ4n) is 3.40. The maximum absolute atomic E-state index is 12.6. The second-order valence-corrected chi connectivity index (χ2v) is 8.06. The van der Waals surface area contributed by atoms with Crippen molar-refractivity contribution in [2.75, 3.05) is 25.3 Å². The molecule has 0 aliphatic heterocycles. The van der Waals surface area contributed by atoms with E-state index in [2.05, 4.69) is 27.6 Å². The van der Waals surface area contributed by atoms with Gasteiger partial charge in [-0.3, -0.25) is 9.36 Å². The molecule has 0 unspecified atom stereocenters. The third kappa shape index (κ3) is 5.35. The Balaban J connectivity index is 1.58. The highest BCUT2D eigenvalue weighted by atomic mass is 32.2. The van der Waals surface area contributed by atoms with Gasteiger partial charge in [0, 0.05) is 0 Å². The Bertz CT molecular complexity index is 1230. The summed E-state index contributed by atoms with van der Waals surface area (Å²) in [5.41, 5.74) is 2.58. The molecule has 0 aliphatic carbocycles. The molecule has 4 rings (SSSR count). The molecule has 3 aromatic carbocycles. The molecule has 168 valence electrons. The van der Waals surface area contributed by atoms with Crippen LogP contribution in [-0.2, 0) is 11.3 Å². The molecule has 0 bridgehead atoms. The number of carbonyl (C=O) groups excluding carboxylic acids is 1. The van der Waals surface area contributed by atoms with Gasteiger partial charge < -0.3 is 14.8 Å². The average molecular weight is 461 g/mol. The van der Waals surface area contributed by atoms with Gasteiger partial charge >= 0.3 is 0 Å². The molecule has 0 spiro atoms. The summed E-state index contributed by atoms with van der Waals surface area (Å²) in [6.07, 6.45) is 0. The lowest BCUT2D eigenvalue weighted by molar-refractivity contribution is -0.113. The van der Waals surface area contributed by atoms with Crippen LogP contribution in [0.15, 0.2) is 84.0 Å². The SMILES string of the molecule is COc1ccccc1NC(=O)CSc1nnc(-c2ccccc2OC)n1Cc1ccccc1. The van der Waals surface area contributed by atoms with Crippen molar-refractivity contribution in [3.63, 3.8) is 0 Å². The lowest BCUT2D eigenvalue weighted by Crippen LogP contribution is -2.15. The van der Waals surface area contributed by atoms with Crippen molar-refractivity contribution in [3.05, 3.63) is 84.4 Å². The van der Waals surface area contributed by atoms with Gasteiger partial charge in [0.05, 0.1) is 37.8 Å². The first-order valence-corrected chi connectivity index (χ1v) is 11.3. The zero-order chi connectivity index (χ0) is 23.0. The normalized spacial score (nSPS) is 10.6. The van der Waals surface area contributed by atoms with Crippen molar-refractivity contribution >= 4 is 23.4 Å². The number of hydrogen-bond donors (Lipinski definition) is 1. The molecule has 1 aromatic heterocycles. The smallest absolute Gasteiger partial charge is 0.234 e. The highest BCUT2D eigenvalue weighted by molar-refractivity contribution is 7.99. The maximum atomic E-state index is 12.6. The highest BCUT2D eigenvalue weighted by Crippen LogP contribution is 2.31. The quantitative estimate of drug-likeness (QED) is 0.364. The van der Waals surface area contributed by atoms with Gasteiger partial charge in [-0.15, -0.1) is 10.2 Å². The van der Waals surface area contributed by atoms with Crippen molar-refractivity contribution in [2.45, 2.75) is 11.7 Å². The predicted molar refractivity (Wildman–Crippen MR) is 130 cm³/mol. The number of rotatable bonds is 9. The standard InChI is InChI=1S/C25H24N4O3S/c1-31-21-14-8-6-12-19(21)24-27-28-25(29(24)16-18-10-4-3-5-11-18)33-17-23(30)26-20-13-7-9-15-22(20)32-2/h3-15H,16-17H2,1-2H3,(H,26,30). The fraction of sp³-hybridized carbons (Fsp3) is 0.160. The van der Waals surface area contributed by atoms with Gasteiger partial charge in [-0.25, -0.2) is 0 Å². The first kappa shape index (κ1) is 22.4. The van der Waals surface area contributed by atoms with Crippen molar-refractivity contribution < 1.29 is 14.3 Å². The molecule has 0 atom stereocenters. The molecular formula is C25H24N4O3S. The van der Waals surface area contributed by atoms with Crippen molar-refractivity contribution in [3.8, 4) is 22.9 Å². The summed E-state index contributed by atoms with van der Waals surface area (Å²) in [4.78, 5) is 12.6. The Morgan fingerprint density at radius 2 is 1.55 bits per heavy atom. The number of anilines is 1. The summed E-state index contributed by atoms with van der Waals surface area (Å²) in [5, 5.41) is 12.4. The van der Waals surface area contributed by atoms with Gasteiger partial charge in [-0.1, -0.05) is 66.4 Å². The number of methoxy groups -OCH3 is 2. The number of amides is 1. The van der Waals surface area contributed by atoms with E-state index in [4.69, 9.17) is 9.47 Å². The zero-order valence-electron chi connectivity index (χ0n) is 18.4. The second kappa shape index (κ2) is 10.7. The van der Waals surface area contributed by atoms with Gasteiger partial charge in [0.15, 0.2) is 11.0 Å². The van der Waals surface area contributed by atoms with E-state index in [1.54, 1.807) is 26.4 Å². The fourth-order valence-corrected chi connectivity index (χ4v) is 4.13. The molecule has 1 heterocycles. The van der Waals surface area contributed by atoms with E-state index >= 15 is 0 Å². The Labute approximate surface area is 196 Å².